The normalized spacial score (nSPS) is 10.7. The highest BCUT2D eigenvalue weighted by Gasteiger charge is 2.06. The number of aromatic nitrogens is 3. The molecule has 0 fully saturated rings. The van der Waals surface area contributed by atoms with E-state index in [1.54, 1.807) is 23.5 Å². The van der Waals surface area contributed by atoms with Crippen LogP contribution in [0.5, 0.6) is 0 Å². The predicted octanol–water partition coefficient (Wildman–Crippen LogP) is 2.98. The monoisotopic (exact) mass is 297 g/mol. The molecule has 0 spiro atoms. The number of rotatable bonds is 4. The zero-order valence-corrected chi connectivity index (χ0v) is 12.5. The second-order valence-electron chi connectivity index (χ2n) is 4.67. The fourth-order valence-corrected chi connectivity index (χ4v) is 2.80. The lowest BCUT2D eigenvalue weighted by Crippen LogP contribution is -2.23. The number of nitrogens with zero attached hydrogens (tertiary/aromatic N) is 3. The lowest BCUT2D eigenvalue weighted by molar-refractivity contribution is 0.632. The molecule has 2 heterocycles. The van der Waals surface area contributed by atoms with Crippen molar-refractivity contribution >= 4 is 11.3 Å². The summed E-state index contributed by atoms with van der Waals surface area (Å²) in [5.41, 5.74) is 2.57. The molecule has 0 aliphatic carbocycles. The van der Waals surface area contributed by atoms with Gasteiger partial charge in [0.15, 0.2) is 0 Å². The Hall–Kier alpha value is -2.27. The smallest absolute Gasteiger partial charge is 0.267 e. The van der Waals surface area contributed by atoms with Crippen LogP contribution in [-0.4, -0.2) is 14.8 Å². The molecular weight excluding hydrogens is 282 g/mol. The zero-order valence-electron chi connectivity index (χ0n) is 11.7. The maximum absolute atomic E-state index is 12.0. The summed E-state index contributed by atoms with van der Waals surface area (Å²) in [6.45, 7) is 2.49. The van der Waals surface area contributed by atoms with Crippen molar-refractivity contribution in [3.05, 3.63) is 68.9 Å². The second-order valence-corrected chi connectivity index (χ2v) is 5.61. The van der Waals surface area contributed by atoms with Crippen LogP contribution in [0.25, 0.3) is 11.3 Å². The molecule has 0 saturated heterocycles. The van der Waals surface area contributed by atoms with Gasteiger partial charge in [-0.1, -0.05) is 37.3 Å². The Bertz CT molecular complexity index is 793. The van der Waals surface area contributed by atoms with E-state index in [2.05, 4.69) is 17.0 Å². The molecule has 1 aromatic carbocycles. The SMILES string of the molecule is CCc1nc(Cn2nc(-c3ccccc3)ccc2=O)cs1. The van der Waals surface area contributed by atoms with E-state index < -0.39 is 0 Å². The molecule has 0 aliphatic rings. The Balaban J connectivity index is 1.93. The van der Waals surface area contributed by atoms with Crippen molar-refractivity contribution in [2.24, 2.45) is 0 Å². The van der Waals surface area contributed by atoms with Crippen LogP contribution in [0.4, 0.5) is 0 Å². The van der Waals surface area contributed by atoms with E-state index in [9.17, 15) is 4.79 Å². The van der Waals surface area contributed by atoms with Gasteiger partial charge in [0.05, 0.1) is 22.9 Å². The number of thiazole rings is 1. The van der Waals surface area contributed by atoms with Crippen LogP contribution in [0.3, 0.4) is 0 Å². The van der Waals surface area contributed by atoms with Crippen LogP contribution in [0, 0.1) is 0 Å². The minimum Gasteiger partial charge on any atom is -0.268 e. The Labute approximate surface area is 126 Å². The summed E-state index contributed by atoms with van der Waals surface area (Å²) < 4.78 is 1.47. The Morgan fingerprint density at radius 2 is 1.95 bits per heavy atom. The molecule has 0 unspecified atom stereocenters. The fraction of sp³-hybridized carbons (Fsp3) is 0.188. The van der Waals surface area contributed by atoms with Gasteiger partial charge in [-0.05, 0) is 12.5 Å². The van der Waals surface area contributed by atoms with Gasteiger partial charge >= 0.3 is 0 Å². The standard InChI is InChI=1S/C16H15N3OS/c1-2-15-17-13(11-21-15)10-19-16(20)9-8-14(18-19)12-6-4-3-5-7-12/h3-9,11H,2,10H2,1H3. The van der Waals surface area contributed by atoms with Crippen molar-refractivity contribution in [3.63, 3.8) is 0 Å². The van der Waals surface area contributed by atoms with Crippen LogP contribution >= 0.6 is 11.3 Å². The maximum Gasteiger partial charge on any atom is 0.267 e. The molecule has 2 aromatic heterocycles. The lowest BCUT2D eigenvalue weighted by Gasteiger charge is -2.05. The molecule has 0 atom stereocenters. The van der Waals surface area contributed by atoms with Crippen molar-refractivity contribution in [2.75, 3.05) is 0 Å². The van der Waals surface area contributed by atoms with Crippen molar-refractivity contribution in [3.8, 4) is 11.3 Å². The third-order valence-electron chi connectivity index (χ3n) is 3.15. The topological polar surface area (TPSA) is 47.8 Å². The van der Waals surface area contributed by atoms with Gasteiger partial charge in [0, 0.05) is 17.0 Å². The van der Waals surface area contributed by atoms with E-state index in [-0.39, 0.29) is 5.56 Å². The molecule has 0 amide bonds. The Morgan fingerprint density at radius 3 is 2.67 bits per heavy atom. The molecule has 106 valence electrons. The predicted molar refractivity (Wildman–Crippen MR) is 84.5 cm³/mol. The van der Waals surface area contributed by atoms with Gasteiger partial charge in [-0.15, -0.1) is 11.3 Å². The number of benzene rings is 1. The summed E-state index contributed by atoms with van der Waals surface area (Å²) in [5, 5.41) is 7.51. The highest BCUT2D eigenvalue weighted by atomic mass is 32.1. The average molecular weight is 297 g/mol. The fourth-order valence-electron chi connectivity index (χ4n) is 2.06. The molecule has 3 aromatic rings. The average Bonchev–Trinajstić information content (AvgIpc) is 2.98. The number of hydrogen-bond acceptors (Lipinski definition) is 4. The second kappa shape index (κ2) is 6.01. The summed E-state index contributed by atoms with van der Waals surface area (Å²) in [6.07, 6.45) is 0.914. The van der Waals surface area contributed by atoms with Gasteiger partial charge in [-0.25, -0.2) is 9.67 Å². The molecule has 21 heavy (non-hydrogen) atoms. The van der Waals surface area contributed by atoms with Crippen LogP contribution in [0.1, 0.15) is 17.6 Å². The first-order valence-electron chi connectivity index (χ1n) is 6.83. The molecule has 0 radical (unpaired) electrons. The van der Waals surface area contributed by atoms with Crippen LogP contribution in [0.15, 0.2) is 52.6 Å². The van der Waals surface area contributed by atoms with E-state index in [1.807, 2.05) is 35.7 Å². The summed E-state index contributed by atoms with van der Waals surface area (Å²) >= 11 is 1.62. The number of hydrogen-bond donors (Lipinski definition) is 0. The van der Waals surface area contributed by atoms with Crippen molar-refractivity contribution in [1.29, 1.82) is 0 Å². The van der Waals surface area contributed by atoms with Crippen molar-refractivity contribution in [1.82, 2.24) is 14.8 Å². The summed E-state index contributed by atoms with van der Waals surface area (Å²) in [7, 11) is 0. The van der Waals surface area contributed by atoms with E-state index in [1.165, 1.54) is 4.68 Å². The maximum atomic E-state index is 12.0. The number of aryl methyl sites for hydroxylation is 1. The molecule has 0 saturated carbocycles. The molecule has 0 N–H and O–H groups in total. The summed E-state index contributed by atoms with van der Waals surface area (Å²) in [6, 6.07) is 13.2. The van der Waals surface area contributed by atoms with Crippen molar-refractivity contribution in [2.45, 2.75) is 19.9 Å². The van der Waals surface area contributed by atoms with Crippen LogP contribution in [0.2, 0.25) is 0 Å². The molecule has 5 heteroatoms. The van der Waals surface area contributed by atoms with E-state index in [0.717, 1.165) is 28.4 Å². The first-order chi connectivity index (χ1) is 10.3. The summed E-state index contributed by atoms with van der Waals surface area (Å²) in [4.78, 5) is 16.4. The Morgan fingerprint density at radius 1 is 1.14 bits per heavy atom. The minimum absolute atomic E-state index is 0.110. The van der Waals surface area contributed by atoms with Crippen LogP contribution < -0.4 is 5.56 Å². The molecule has 0 aliphatic heterocycles. The van der Waals surface area contributed by atoms with Gasteiger partial charge in [0.1, 0.15) is 0 Å². The third-order valence-corrected chi connectivity index (χ3v) is 4.19. The Kier molecular flexibility index (Phi) is 3.92. The highest BCUT2D eigenvalue weighted by molar-refractivity contribution is 7.09. The van der Waals surface area contributed by atoms with E-state index in [4.69, 9.17) is 0 Å². The first kappa shape index (κ1) is 13.7. The van der Waals surface area contributed by atoms with Gasteiger partial charge in [-0.3, -0.25) is 4.79 Å². The van der Waals surface area contributed by atoms with Gasteiger partial charge < -0.3 is 0 Å². The zero-order chi connectivity index (χ0) is 14.7. The minimum atomic E-state index is -0.110. The van der Waals surface area contributed by atoms with E-state index >= 15 is 0 Å². The van der Waals surface area contributed by atoms with Gasteiger partial charge in [0.2, 0.25) is 0 Å². The van der Waals surface area contributed by atoms with Crippen molar-refractivity contribution < 1.29 is 0 Å². The molecule has 4 nitrogen and oxygen atoms in total. The third kappa shape index (κ3) is 3.08. The lowest BCUT2D eigenvalue weighted by atomic mass is 10.1. The van der Waals surface area contributed by atoms with Crippen LogP contribution in [-0.2, 0) is 13.0 Å². The van der Waals surface area contributed by atoms with E-state index in [0.29, 0.717) is 6.54 Å². The highest BCUT2D eigenvalue weighted by Crippen LogP contribution is 2.15. The first-order valence-corrected chi connectivity index (χ1v) is 7.71. The molecule has 0 bridgehead atoms. The van der Waals surface area contributed by atoms with Gasteiger partial charge in [0.25, 0.3) is 5.56 Å². The summed E-state index contributed by atoms with van der Waals surface area (Å²) in [5.74, 6) is 0. The molecule has 3 rings (SSSR count). The van der Waals surface area contributed by atoms with Gasteiger partial charge in [-0.2, -0.15) is 5.10 Å². The quantitative estimate of drug-likeness (QED) is 0.744. The molecular formula is C16H15N3OS. The largest absolute Gasteiger partial charge is 0.268 e.